The monoisotopic (exact) mass is 521 g/mol. The van der Waals surface area contributed by atoms with E-state index in [1.54, 1.807) is 30.3 Å². The molecule has 192 valence electrons. The standard InChI is InChI=1S/C26H36ClN3O4S/c1-6-8-15-28-26(32)24(7-2)29(17-21-11-9-10-12-23(21)27)25(31)18-30(35(5,33)34)22-14-13-19(3)20(4)16-22/h9-14,16,24H,6-8,15,17-18H2,1-5H3,(H,28,32)/t24-/m1/s1. The van der Waals surface area contributed by atoms with Gasteiger partial charge in [0.25, 0.3) is 0 Å². The Labute approximate surface area is 214 Å². The second-order valence-corrected chi connectivity index (χ2v) is 11.0. The molecule has 0 spiro atoms. The number of hydrogen-bond acceptors (Lipinski definition) is 4. The first-order chi connectivity index (χ1) is 16.5. The van der Waals surface area contributed by atoms with Crippen molar-refractivity contribution in [1.29, 1.82) is 0 Å². The van der Waals surface area contributed by atoms with E-state index >= 15 is 0 Å². The molecule has 0 radical (unpaired) electrons. The maximum absolute atomic E-state index is 13.7. The number of nitrogens with one attached hydrogen (secondary N) is 1. The van der Waals surface area contributed by atoms with Crippen molar-refractivity contribution >= 4 is 39.1 Å². The number of unbranched alkanes of at least 4 members (excludes halogenated alkanes) is 1. The van der Waals surface area contributed by atoms with E-state index in [1.165, 1.54) is 4.90 Å². The summed E-state index contributed by atoms with van der Waals surface area (Å²) in [5.74, 6) is -0.746. The molecular weight excluding hydrogens is 486 g/mol. The van der Waals surface area contributed by atoms with Gasteiger partial charge in [-0.1, -0.05) is 56.1 Å². The molecule has 0 unspecified atom stereocenters. The van der Waals surface area contributed by atoms with Crippen LogP contribution >= 0.6 is 11.6 Å². The molecule has 0 fully saturated rings. The summed E-state index contributed by atoms with van der Waals surface area (Å²) in [6.07, 6.45) is 3.20. The summed E-state index contributed by atoms with van der Waals surface area (Å²) >= 11 is 6.36. The molecule has 1 N–H and O–H groups in total. The highest BCUT2D eigenvalue weighted by Crippen LogP contribution is 2.24. The topological polar surface area (TPSA) is 86.8 Å². The van der Waals surface area contributed by atoms with Gasteiger partial charge in [-0.15, -0.1) is 0 Å². The Hall–Kier alpha value is -2.58. The van der Waals surface area contributed by atoms with Gasteiger partial charge in [-0.25, -0.2) is 8.42 Å². The molecular formula is C26H36ClN3O4S. The minimum absolute atomic E-state index is 0.0861. The third kappa shape index (κ3) is 7.97. The summed E-state index contributed by atoms with van der Waals surface area (Å²) in [4.78, 5) is 28.1. The number of sulfonamides is 1. The first-order valence-corrected chi connectivity index (χ1v) is 14.1. The quantitative estimate of drug-likeness (QED) is 0.418. The van der Waals surface area contributed by atoms with Crippen LogP contribution in [0.4, 0.5) is 5.69 Å². The number of anilines is 1. The highest BCUT2D eigenvalue weighted by molar-refractivity contribution is 7.92. The van der Waals surface area contributed by atoms with Crippen molar-refractivity contribution in [1.82, 2.24) is 10.2 Å². The number of carbonyl (C=O) groups excluding carboxylic acids is 2. The smallest absolute Gasteiger partial charge is 0.244 e. The molecule has 1 atom stereocenters. The van der Waals surface area contributed by atoms with Gasteiger partial charge < -0.3 is 10.2 Å². The third-order valence-corrected chi connectivity index (χ3v) is 7.48. The number of rotatable bonds is 12. The van der Waals surface area contributed by atoms with Crippen LogP contribution in [0.1, 0.15) is 49.8 Å². The Bertz CT molecular complexity index is 1140. The van der Waals surface area contributed by atoms with E-state index in [-0.39, 0.29) is 12.5 Å². The van der Waals surface area contributed by atoms with Gasteiger partial charge in [0.15, 0.2) is 0 Å². The van der Waals surface area contributed by atoms with Gasteiger partial charge in [0, 0.05) is 18.1 Å². The second-order valence-electron chi connectivity index (χ2n) is 8.72. The van der Waals surface area contributed by atoms with Gasteiger partial charge in [0.1, 0.15) is 12.6 Å². The predicted octanol–water partition coefficient (Wildman–Crippen LogP) is 4.45. The molecule has 9 heteroatoms. The molecule has 35 heavy (non-hydrogen) atoms. The fourth-order valence-electron chi connectivity index (χ4n) is 3.73. The van der Waals surface area contributed by atoms with E-state index in [0.717, 1.165) is 34.5 Å². The minimum Gasteiger partial charge on any atom is -0.354 e. The number of carbonyl (C=O) groups is 2. The van der Waals surface area contributed by atoms with Crippen LogP contribution in [0.15, 0.2) is 42.5 Å². The van der Waals surface area contributed by atoms with Crippen molar-refractivity contribution in [3.8, 4) is 0 Å². The largest absolute Gasteiger partial charge is 0.354 e. The zero-order valence-electron chi connectivity index (χ0n) is 21.2. The van der Waals surface area contributed by atoms with Crippen LogP contribution in [0.25, 0.3) is 0 Å². The fraction of sp³-hybridized carbons (Fsp3) is 0.462. The summed E-state index contributed by atoms with van der Waals surface area (Å²) in [7, 11) is -3.77. The molecule has 7 nitrogen and oxygen atoms in total. The van der Waals surface area contributed by atoms with Crippen molar-refractivity contribution in [2.45, 2.75) is 59.5 Å². The van der Waals surface area contributed by atoms with Gasteiger partial charge in [-0.2, -0.15) is 0 Å². The molecule has 0 aliphatic carbocycles. The summed E-state index contributed by atoms with van der Waals surface area (Å²) in [5.41, 5.74) is 3.02. The highest BCUT2D eigenvalue weighted by Gasteiger charge is 2.32. The van der Waals surface area contributed by atoms with E-state index in [2.05, 4.69) is 5.32 Å². The third-order valence-electron chi connectivity index (χ3n) is 5.97. The number of hydrogen-bond donors (Lipinski definition) is 1. The molecule has 0 aliphatic rings. The number of nitrogens with zero attached hydrogens (tertiary/aromatic N) is 2. The molecule has 0 bridgehead atoms. The first kappa shape index (κ1) is 28.7. The molecule has 2 rings (SSSR count). The van der Waals surface area contributed by atoms with Crippen LogP contribution in [0.3, 0.4) is 0 Å². The van der Waals surface area contributed by atoms with Crippen molar-refractivity contribution in [2.75, 3.05) is 23.7 Å². The van der Waals surface area contributed by atoms with Gasteiger partial charge in [0.2, 0.25) is 21.8 Å². The molecule has 2 aromatic rings. The van der Waals surface area contributed by atoms with E-state index in [9.17, 15) is 18.0 Å². The van der Waals surface area contributed by atoms with Gasteiger partial charge in [0.05, 0.1) is 11.9 Å². The molecule has 0 saturated heterocycles. The fourth-order valence-corrected chi connectivity index (χ4v) is 4.77. The Morgan fingerprint density at radius 1 is 1.06 bits per heavy atom. The maximum Gasteiger partial charge on any atom is 0.244 e. The van der Waals surface area contributed by atoms with Crippen molar-refractivity contribution < 1.29 is 18.0 Å². The van der Waals surface area contributed by atoms with E-state index in [0.29, 0.717) is 29.2 Å². The first-order valence-electron chi connectivity index (χ1n) is 11.8. The van der Waals surface area contributed by atoms with Crippen LogP contribution in [0.2, 0.25) is 5.02 Å². The minimum atomic E-state index is -3.77. The molecule has 2 aromatic carbocycles. The number of amides is 2. The van der Waals surface area contributed by atoms with E-state index in [4.69, 9.17) is 11.6 Å². The van der Waals surface area contributed by atoms with Gasteiger partial charge in [-0.3, -0.25) is 13.9 Å². The summed E-state index contributed by atoms with van der Waals surface area (Å²) < 4.78 is 26.5. The van der Waals surface area contributed by atoms with Crippen LogP contribution in [-0.2, 0) is 26.2 Å². The van der Waals surface area contributed by atoms with Crippen molar-refractivity contribution in [3.63, 3.8) is 0 Å². The summed E-state index contributed by atoms with van der Waals surface area (Å²) in [6.45, 7) is 7.85. The lowest BCUT2D eigenvalue weighted by Crippen LogP contribution is -2.52. The van der Waals surface area contributed by atoms with Crippen molar-refractivity contribution in [3.05, 3.63) is 64.2 Å². The van der Waals surface area contributed by atoms with E-state index < -0.39 is 28.5 Å². The van der Waals surface area contributed by atoms with Crippen molar-refractivity contribution in [2.24, 2.45) is 0 Å². The number of halogens is 1. The summed E-state index contributed by atoms with van der Waals surface area (Å²) in [5, 5.41) is 3.37. The Morgan fingerprint density at radius 2 is 1.74 bits per heavy atom. The second kappa shape index (κ2) is 12.9. The Balaban J connectivity index is 2.43. The molecule has 0 saturated carbocycles. The average molecular weight is 522 g/mol. The lowest BCUT2D eigenvalue weighted by atomic mass is 10.1. The van der Waals surface area contributed by atoms with Crippen LogP contribution < -0.4 is 9.62 Å². The lowest BCUT2D eigenvalue weighted by Gasteiger charge is -2.33. The lowest BCUT2D eigenvalue weighted by molar-refractivity contribution is -0.140. The van der Waals surface area contributed by atoms with Crippen LogP contribution in [0.5, 0.6) is 0 Å². The zero-order valence-corrected chi connectivity index (χ0v) is 22.7. The van der Waals surface area contributed by atoms with Crippen LogP contribution in [0, 0.1) is 13.8 Å². The predicted molar refractivity (Wildman–Crippen MR) is 142 cm³/mol. The highest BCUT2D eigenvalue weighted by atomic mass is 35.5. The Morgan fingerprint density at radius 3 is 2.31 bits per heavy atom. The van der Waals surface area contributed by atoms with E-state index in [1.807, 2.05) is 39.8 Å². The number of aryl methyl sites for hydroxylation is 2. The normalized spacial score (nSPS) is 12.2. The number of benzene rings is 2. The maximum atomic E-state index is 13.7. The Kier molecular flexibility index (Phi) is 10.6. The van der Waals surface area contributed by atoms with Crippen LogP contribution in [-0.4, -0.2) is 50.5 Å². The molecule has 0 aromatic heterocycles. The molecule has 0 heterocycles. The SMILES string of the molecule is CCCCNC(=O)[C@@H](CC)N(Cc1ccccc1Cl)C(=O)CN(c1ccc(C)c(C)c1)S(C)(=O)=O. The van der Waals surface area contributed by atoms with Gasteiger partial charge in [-0.05, 0) is 61.6 Å². The summed E-state index contributed by atoms with van der Waals surface area (Å²) in [6, 6.07) is 11.6. The molecule has 2 amide bonds. The zero-order chi connectivity index (χ0) is 26.2. The molecule has 0 aliphatic heterocycles. The average Bonchev–Trinajstić information content (AvgIpc) is 2.79. The van der Waals surface area contributed by atoms with Gasteiger partial charge >= 0.3 is 0 Å².